The van der Waals surface area contributed by atoms with Gasteiger partial charge in [0.15, 0.2) is 0 Å². The molecule has 6 heteroatoms. The van der Waals surface area contributed by atoms with Crippen LogP contribution in [0.5, 0.6) is 0 Å². The number of rotatable bonds is 5. The van der Waals surface area contributed by atoms with Crippen LogP contribution in [0.3, 0.4) is 0 Å². The molecule has 24 heavy (non-hydrogen) atoms. The standard InChI is InChI=1S/C18H17N3O2S/c1-2-9-20-14-6-3-4-7-15(14)21(18(20)22)11-13-12-23-17(19-13)16-8-5-10-24-16/h3-8,10,12H,2,9,11H2,1H3. The molecule has 4 rings (SSSR count). The van der Waals surface area contributed by atoms with Gasteiger partial charge in [0, 0.05) is 6.54 Å². The first-order chi connectivity index (χ1) is 11.8. The predicted octanol–water partition coefficient (Wildman–Crippen LogP) is 3.98. The summed E-state index contributed by atoms with van der Waals surface area (Å²) in [5.41, 5.74) is 2.64. The first kappa shape index (κ1) is 15.0. The molecule has 5 nitrogen and oxygen atoms in total. The maximum Gasteiger partial charge on any atom is 0.329 e. The Bertz CT molecular complexity index is 1020. The van der Waals surface area contributed by atoms with Crippen molar-refractivity contribution in [3.63, 3.8) is 0 Å². The minimum atomic E-state index is -0.00118. The van der Waals surface area contributed by atoms with Gasteiger partial charge in [-0.25, -0.2) is 9.78 Å². The maximum absolute atomic E-state index is 12.8. The Morgan fingerprint density at radius 1 is 1.12 bits per heavy atom. The molecule has 0 N–H and O–H groups in total. The molecule has 0 atom stereocenters. The second-order valence-electron chi connectivity index (χ2n) is 5.63. The number of para-hydroxylation sites is 2. The van der Waals surface area contributed by atoms with Crippen LogP contribution < -0.4 is 5.69 Å². The largest absolute Gasteiger partial charge is 0.443 e. The summed E-state index contributed by atoms with van der Waals surface area (Å²) >= 11 is 1.58. The van der Waals surface area contributed by atoms with Gasteiger partial charge in [-0.2, -0.15) is 0 Å². The highest BCUT2D eigenvalue weighted by Gasteiger charge is 2.15. The fourth-order valence-electron chi connectivity index (χ4n) is 2.92. The second-order valence-corrected chi connectivity index (χ2v) is 6.58. The zero-order valence-electron chi connectivity index (χ0n) is 13.3. The first-order valence-electron chi connectivity index (χ1n) is 7.94. The van der Waals surface area contributed by atoms with Gasteiger partial charge < -0.3 is 4.42 Å². The van der Waals surface area contributed by atoms with Gasteiger partial charge in [0.1, 0.15) is 6.26 Å². The van der Waals surface area contributed by atoms with Crippen molar-refractivity contribution >= 4 is 22.4 Å². The zero-order chi connectivity index (χ0) is 16.5. The average molecular weight is 339 g/mol. The van der Waals surface area contributed by atoms with E-state index in [0.717, 1.165) is 28.0 Å². The molecule has 0 unspecified atom stereocenters. The van der Waals surface area contributed by atoms with Crippen LogP contribution >= 0.6 is 11.3 Å². The monoisotopic (exact) mass is 339 g/mol. The summed E-state index contributed by atoms with van der Waals surface area (Å²) in [6, 6.07) is 11.8. The topological polar surface area (TPSA) is 53.0 Å². The van der Waals surface area contributed by atoms with Crippen molar-refractivity contribution in [1.82, 2.24) is 14.1 Å². The van der Waals surface area contributed by atoms with Crippen LogP contribution in [0.4, 0.5) is 0 Å². The smallest absolute Gasteiger partial charge is 0.329 e. The molecule has 0 aliphatic carbocycles. The Kier molecular flexibility index (Phi) is 3.82. The summed E-state index contributed by atoms with van der Waals surface area (Å²) in [5.74, 6) is 0.602. The molecule has 0 radical (unpaired) electrons. The van der Waals surface area contributed by atoms with E-state index in [0.29, 0.717) is 19.0 Å². The summed E-state index contributed by atoms with van der Waals surface area (Å²) in [6.07, 6.45) is 2.55. The lowest BCUT2D eigenvalue weighted by Crippen LogP contribution is -2.24. The third kappa shape index (κ3) is 2.49. The number of hydrogen-bond donors (Lipinski definition) is 0. The van der Waals surface area contributed by atoms with Crippen molar-refractivity contribution in [2.24, 2.45) is 0 Å². The molecule has 0 amide bonds. The van der Waals surface area contributed by atoms with Crippen LogP contribution in [-0.2, 0) is 13.1 Å². The Balaban J connectivity index is 1.75. The number of thiophene rings is 1. The van der Waals surface area contributed by atoms with E-state index in [2.05, 4.69) is 11.9 Å². The molecule has 0 saturated heterocycles. The Morgan fingerprint density at radius 3 is 2.62 bits per heavy atom. The number of oxazole rings is 1. The lowest BCUT2D eigenvalue weighted by molar-refractivity contribution is 0.572. The number of benzene rings is 1. The van der Waals surface area contributed by atoms with E-state index >= 15 is 0 Å². The number of fused-ring (bicyclic) bond motifs is 1. The van der Waals surface area contributed by atoms with Gasteiger partial charge in [0.05, 0.1) is 28.1 Å². The maximum atomic E-state index is 12.8. The van der Waals surface area contributed by atoms with Crippen molar-refractivity contribution in [2.75, 3.05) is 0 Å². The van der Waals surface area contributed by atoms with Crippen molar-refractivity contribution in [2.45, 2.75) is 26.4 Å². The SMILES string of the molecule is CCCn1c(=O)n(Cc2coc(-c3cccs3)n2)c2ccccc21. The third-order valence-electron chi connectivity index (χ3n) is 3.98. The summed E-state index contributed by atoms with van der Waals surface area (Å²) in [5, 5.41) is 1.99. The average Bonchev–Trinajstić information content (AvgIpc) is 3.32. The van der Waals surface area contributed by atoms with E-state index in [1.165, 1.54) is 0 Å². The molecule has 0 saturated carbocycles. The van der Waals surface area contributed by atoms with Crippen LogP contribution in [0.25, 0.3) is 21.8 Å². The van der Waals surface area contributed by atoms with Crippen molar-refractivity contribution in [1.29, 1.82) is 0 Å². The number of hydrogen-bond acceptors (Lipinski definition) is 4. The number of imidazole rings is 1. The highest BCUT2D eigenvalue weighted by atomic mass is 32.1. The van der Waals surface area contributed by atoms with Crippen LogP contribution in [0.2, 0.25) is 0 Å². The number of aryl methyl sites for hydroxylation is 1. The van der Waals surface area contributed by atoms with Gasteiger partial charge in [-0.1, -0.05) is 25.1 Å². The number of nitrogens with zero attached hydrogens (tertiary/aromatic N) is 3. The highest BCUT2D eigenvalue weighted by Crippen LogP contribution is 2.24. The molecule has 3 aromatic heterocycles. The fourth-order valence-corrected chi connectivity index (χ4v) is 3.58. The minimum Gasteiger partial charge on any atom is -0.443 e. The Labute approximate surface area is 142 Å². The van der Waals surface area contributed by atoms with Crippen molar-refractivity contribution in [3.05, 3.63) is 64.2 Å². The van der Waals surface area contributed by atoms with Crippen LogP contribution in [-0.4, -0.2) is 14.1 Å². The molecule has 4 aromatic rings. The zero-order valence-corrected chi connectivity index (χ0v) is 14.1. The third-order valence-corrected chi connectivity index (χ3v) is 4.83. The fraction of sp³-hybridized carbons (Fsp3) is 0.222. The summed E-state index contributed by atoms with van der Waals surface area (Å²) in [6.45, 7) is 3.19. The summed E-state index contributed by atoms with van der Waals surface area (Å²) < 4.78 is 9.16. The van der Waals surface area contributed by atoms with E-state index in [9.17, 15) is 4.79 Å². The van der Waals surface area contributed by atoms with E-state index in [1.54, 1.807) is 22.2 Å². The van der Waals surface area contributed by atoms with Crippen molar-refractivity contribution in [3.8, 4) is 10.8 Å². The molecule has 0 aliphatic heterocycles. The molecule has 0 fully saturated rings. The summed E-state index contributed by atoms with van der Waals surface area (Å²) in [4.78, 5) is 18.3. The second kappa shape index (κ2) is 6.13. The molecule has 122 valence electrons. The lowest BCUT2D eigenvalue weighted by atomic mass is 10.3. The van der Waals surface area contributed by atoms with Gasteiger partial charge in [0.25, 0.3) is 0 Å². The minimum absolute atomic E-state index is 0.00118. The van der Waals surface area contributed by atoms with Gasteiger partial charge in [-0.15, -0.1) is 11.3 Å². The molecular formula is C18H17N3O2S. The van der Waals surface area contributed by atoms with Crippen LogP contribution in [0.15, 0.2) is 57.3 Å². The molecule has 1 aromatic carbocycles. The highest BCUT2D eigenvalue weighted by molar-refractivity contribution is 7.13. The van der Waals surface area contributed by atoms with E-state index in [4.69, 9.17) is 4.42 Å². The van der Waals surface area contributed by atoms with E-state index in [-0.39, 0.29) is 5.69 Å². The first-order valence-corrected chi connectivity index (χ1v) is 8.82. The van der Waals surface area contributed by atoms with Gasteiger partial charge in [-0.05, 0) is 30.0 Å². The van der Waals surface area contributed by atoms with Crippen LogP contribution in [0.1, 0.15) is 19.0 Å². The van der Waals surface area contributed by atoms with E-state index < -0.39 is 0 Å². The van der Waals surface area contributed by atoms with Crippen LogP contribution in [0, 0.1) is 0 Å². The van der Waals surface area contributed by atoms with Gasteiger partial charge >= 0.3 is 5.69 Å². The predicted molar refractivity (Wildman–Crippen MR) is 95.4 cm³/mol. The summed E-state index contributed by atoms with van der Waals surface area (Å²) in [7, 11) is 0. The van der Waals surface area contributed by atoms with Gasteiger partial charge in [-0.3, -0.25) is 9.13 Å². The van der Waals surface area contributed by atoms with E-state index in [1.807, 2.05) is 46.3 Å². The molecule has 0 aliphatic rings. The Morgan fingerprint density at radius 2 is 1.92 bits per heavy atom. The van der Waals surface area contributed by atoms with Gasteiger partial charge in [0.2, 0.25) is 5.89 Å². The molecule has 3 heterocycles. The molecule has 0 spiro atoms. The normalized spacial score (nSPS) is 11.4. The Hall–Kier alpha value is -2.60. The molecule has 0 bridgehead atoms. The molecular weight excluding hydrogens is 322 g/mol. The number of aromatic nitrogens is 3. The van der Waals surface area contributed by atoms with Crippen molar-refractivity contribution < 1.29 is 4.42 Å². The lowest BCUT2D eigenvalue weighted by Gasteiger charge is -1.99. The quantitative estimate of drug-likeness (QED) is 0.553.